The van der Waals surface area contributed by atoms with Crippen LogP contribution in [-0.2, 0) is 10.3 Å². The van der Waals surface area contributed by atoms with Crippen molar-refractivity contribution < 1.29 is 9.90 Å². The highest BCUT2D eigenvalue weighted by Gasteiger charge is 2.49. The van der Waals surface area contributed by atoms with Gasteiger partial charge < -0.3 is 16.2 Å². The van der Waals surface area contributed by atoms with E-state index in [1.165, 1.54) is 5.56 Å². The van der Waals surface area contributed by atoms with Crippen molar-refractivity contribution in [2.75, 3.05) is 19.6 Å². The van der Waals surface area contributed by atoms with E-state index in [1.54, 1.807) is 4.90 Å². The van der Waals surface area contributed by atoms with Crippen molar-refractivity contribution in [1.82, 2.24) is 15.5 Å². The van der Waals surface area contributed by atoms with Gasteiger partial charge in [-0.25, -0.2) is 0 Å². The topological polar surface area (TPSA) is 90.6 Å². The van der Waals surface area contributed by atoms with E-state index in [0.29, 0.717) is 6.54 Å². The van der Waals surface area contributed by atoms with Crippen LogP contribution < -0.4 is 16.4 Å². The maximum atomic E-state index is 11.2. The molecular weight excluding hydrogens is 304 g/mol. The van der Waals surface area contributed by atoms with E-state index in [1.807, 2.05) is 6.07 Å². The number of hydrogen-bond donors (Lipinski definition) is 4. The fourth-order valence-electron chi connectivity index (χ4n) is 4.35. The Balaban J connectivity index is 1.73. The molecule has 1 saturated heterocycles. The average molecular weight is 332 g/mol. The lowest BCUT2D eigenvalue weighted by Crippen LogP contribution is -2.54. The predicted molar refractivity (Wildman–Crippen MR) is 92.9 cm³/mol. The van der Waals surface area contributed by atoms with Crippen LogP contribution in [-0.4, -0.2) is 47.4 Å². The summed E-state index contributed by atoms with van der Waals surface area (Å²) in [7, 11) is 0. The molecule has 1 aromatic carbocycles. The van der Waals surface area contributed by atoms with Gasteiger partial charge in [0.15, 0.2) is 6.35 Å². The highest BCUT2D eigenvalue weighted by atomic mass is 16.3. The molecule has 1 aliphatic carbocycles. The molecule has 1 amide bonds. The number of primary amides is 1. The van der Waals surface area contributed by atoms with Crippen molar-refractivity contribution in [3.05, 3.63) is 35.9 Å². The molecule has 2 fully saturated rings. The van der Waals surface area contributed by atoms with Crippen LogP contribution in [0.1, 0.15) is 38.2 Å². The van der Waals surface area contributed by atoms with E-state index in [4.69, 9.17) is 5.73 Å². The number of rotatable bonds is 5. The first-order valence-corrected chi connectivity index (χ1v) is 8.77. The van der Waals surface area contributed by atoms with Crippen molar-refractivity contribution in [3.63, 3.8) is 0 Å². The Bertz CT molecular complexity index is 570. The number of nitrogens with one attached hydrogen (secondary N) is 2. The number of carbonyl (C=O) groups is 1. The molecule has 1 aliphatic heterocycles. The second-order valence-corrected chi connectivity index (χ2v) is 7.15. The van der Waals surface area contributed by atoms with Gasteiger partial charge in [-0.05, 0) is 37.8 Å². The van der Waals surface area contributed by atoms with Gasteiger partial charge in [0.25, 0.3) is 0 Å². The standard InChI is InChI=1S/C18H28N4O2/c1-2-20-18(14-6-4-3-5-7-14)10-8-17(9-11-18)13-22(12-15(19)23)16(24)21-17/h3-7,16,20-21,24H,2,8-13H2,1H3,(H2,19,23). The van der Waals surface area contributed by atoms with Gasteiger partial charge in [-0.1, -0.05) is 37.3 Å². The average Bonchev–Trinajstić information content (AvgIpc) is 2.86. The van der Waals surface area contributed by atoms with Crippen LogP contribution >= 0.6 is 0 Å². The molecule has 6 heteroatoms. The molecule has 0 radical (unpaired) electrons. The summed E-state index contributed by atoms with van der Waals surface area (Å²) in [5.41, 5.74) is 6.46. The summed E-state index contributed by atoms with van der Waals surface area (Å²) in [4.78, 5) is 12.9. The van der Waals surface area contributed by atoms with E-state index >= 15 is 0 Å². The highest BCUT2D eigenvalue weighted by molar-refractivity contribution is 5.76. The summed E-state index contributed by atoms with van der Waals surface area (Å²) in [6.07, 6.45) is 3.09. The molecule has 2 aliphatic rings. The van der Waals surface area contributed by atoms with Crippen LogP contribution in [0.3, 0.4) is 0 Å². The van der Waals surface area contributed by atoms with E-state index in [-0.39, 0.29) is 17.6 Å². The molecule has 1 spiro atoms. The number of nitrogens with two attached hydrogens (primary N) is 1. The van der Waals surface area contributed by atoms with Crippen molar-refractivity contribution in [3.8, 4) is 0 Å². The molecule has 1 aromatic rings. The van der Waals surface area contributed by atoms with Crippen LogP contribution in [0, 0.1) is 0 Å². The third-order valence-electron chi connectivity index (χ3n) is 5.55. The summed E-state index contributed by atoms with van der Waals surface area (Å²) in [6.45, 7) is 3.81. The molecule has 1 atom stereocenters. The second kappa shape index (κ2) is 6.80. The maximum Gasteiger partial charge on any atom is 0.231 e. The van der Waals surface area contributed by atoms with E-state index in [9.17, 15) is 9.90 Å². The molecular formula is C18H28N4O2. The van der Waals surface area contributed by atoms with Crippen molar-refractivity contribution in [1.29, 1.82) is 0 Å². The molecule has 0 aromatic heterocycles. The molecule has 24 heavy (non-hydrogen) atoms. The quantitative estimate of drug-likeness (QED) is 0.629. The number of hydrogen-bond acceptors (Lipinski definition) is 5. The lowest BCUT2D eigenvalue weighted by atomic mass is 9.69. The van der Waals surface area contributed by atoms with Crippen LogP contribution in [0.25, 0.3) is 0 Å². The lowest BCUT2D eigenvalue weighted by Gasteiger charge is -2.46. The monoisotopic (exact) mass is 332 g/mol. The van der Waals surface area contributed by atoms with Gasteiger partial charge in [0.1, 0.15) is 0 Å². The minimum atomic E-state index is -0.791. The lowest BCUT2D eigenvalue weighted by molar-refractivity contribution is -0.121. The zero-order valence-electron chi connectivity index (χ0n) is 14.3. The number of amides is 1. The van der Waals surface area contributed by atoms with Crippen LogP contribution in [0.15, 0.2) is 30.3 Å². The molecule has 132 valence electrons. The Labute approximate surface area is 143 Å². The largest absolute Gasteiger partial charge is 0.369 e. The Morgan fingerprint density at radius 1 is 1.33 bits per heavy atom. The SMILES string of the molecule is CCNC1(c2ccccc2)CCC2(CC1)CN(CC(N)=O)C(O)N2. The molecule has 1 unspecified atom stereocenters. The zero-order chi connectivity index (χ0) is 17.2. The normalized spacial score (nSPS) is 33.8. The molecule has 5 N–H and O–H groups in total. The maximum absolute atomic E-state index is 11.2. The predicted octanol–water partition coefficient (Wildman–Crippen LogP) is 0.471. The van der Waals surface area contributed by atoms with Crippen LogP contribution in [0.5, 0.6) is 0 Å². The van der Waals surface area contributed by atoms with Crippen molar-refractivity contribution >= 4 is 5.91 Å². The summed E-state index contributed by atoms with van der Waals surface area (Å²) in [6, 6.07) is 10.6. The van der Waals surface area contributed by atoms with Gasteiger partial charge >= 0.3 is 0 Å². The summed E-state index contributed by atoms with van der Waals surface area (Å²) in [5.74, 6) is -0.407. The Morgan fingerprint density at radius 3 is 2.58 bits per heavy atom. The summed E-state index contributed by atoms with van der Waals surface area (Å²) < 4.78 is 0. The number of aliphatic hydroxyl groups excluding tert-OH is 1. The summed E-state index contributed by atoms with van der Waals surface area (Å²) in [5, 5.41) is 17.2. The molecule has 1 heterocycles. The van der Waals surface area contributed by atoms with Gasteiger partial charge in [0.05, 0.1) is 6.54 Å². The number of carbonyl (C=O) groups excluding carboxylic acids is 1. The molecule has 3 rings (SSSR count). The van der Waals surface area contributed by atoms with E-state index in [0.717, 1.165) is 32.2 Å². The van der Waals surface area contributed by atoms with Crippen molar-refractivity contribution in [2.24, 2.45) is 5.73 Å². The third kappa shape index (κ3) is 3.32. The zero-order valence-corrected chi connectivity index (χ0v) is 14.3. The molecule has 6 nitrogen and oxygen atoms in total. The van der Waals surface area contributed by atoms with Gasteiger partial charge in [0, 0.05) is 17.6 Å². The minimum absolute atomic E-state index is 0.00893. The van der Waals surface area contributed by atoms with Crippen molar-refractivity contribution in [2.45, 2.75) is 50.0 Å². The second-order valence-electron chi connectivity index (χ2n) is 7.15. The Kier molecular flexibility index (Phi) is 4.92. The van der Waals surface area contributed by atoms with Gasteiger partial charge in [0.2, 0.25) is 5.91 Å². The van der Waals surface area contributed by atoms with E-state index < -0.39 is 12.3 Å². The molecule has 0 bridgehead atoms. The van der Waals surface area contributed by atoms with Gasteiger partial charge in [-0.15, -0.1) is 0 Å². The fraction of sp³-hybridized carbons (Fsp3) is 0.611. The fourth-order valence-corrected chi connectivity index (χ4v) is 4.35. The molecule has 1 saturated carbocycles. The number of nitrogens with zero attached hydrogens (tertiary/aromatic N) is 1. The van der Waals surface area contributed by atoms with Gasteiger partial charge in [-0.2, -0.15) is 0 Å². The van der Waals surface area contributed by atoms with Crippen LogP contribution in [0.4, 0.5) is 0 Å². The Hall–Kier alpha value is -1.47. The van der Waals surface area contributed by atoms with Crippen LogP contribution in [0.2, 0.25) is 0 Å². The van der Waals surface area contributed by atoms with E-state index in [2.05, 4.69) is 41.8 Å². The minimum Gasteiger partial charge on any atom is -0.369 e. The Morgan fingerprint density at radius 2 is 2.00 bits per heavy atom. The number of benzene rings is 1. The third-order valence-corrected chi connectivity index (χ3v) is 5.55. The number of aliphatic hydroxyl groups is 1. The first-order chi connectivity index (χ1) is 11.5. The first-order valence-electron chi connectivity index (χ1n) is 8.77. The smallest absolute Gasteiger partial charge is 0.231 e. The summed E-state index contributed by atoms with van der Waals surface area (Å²) >= 11 is 0. The van der Waals surface area contributed by atoms with Gasteiger partial charge in [-0.3, -0.25) is 15.0 Å². The first kappa shape index (κ1) is 17.4. The highest BCUT2D eigenvalue weighted by Crippen LogP contribution is 2.43.